The molecule has 0 amide bonds. The van der Waals surface area contributed by atoms with Gasteiger partial charge in [0.05, 0.1) is 0 Å². The molecule has 0 saturated carbocycles. The Morgan fingerprint density at radius 1 is 1.00 bits per heavy atom. The number of unbranched alkanes of at least 4 members (excludes halogenated alkanes) is 1. The molecule has 0 aliphatic rings. The van der Waals surface area contributed by atoms with Gasteiger partial charge >= 0.3 is 0 Å². The molecule has 0 aromatic carbocycles. The highest BCUT2D eigenvalue weighted by molar-refractivity contribution is 4.67. The van der Waals surface area contributed by atoms with Crippen molar-refractivity contribution in [3.05, 3.63) is 0 Å². The lowest BCUT2D eigenvalue weighted by atomic mass is 10.0. The second-order valence-corrected chi connectivity index (χ2v) is 3.87. The molecular formula is C11H27N3. The van der Waals surface area contributed by atoms with Gasteiger partial charge in [-0.05, 0) is 45.3 Å². The van der Waals surface area contributed by atoms with Crippen LogP contribution in [-0.2, 0) is 0 Å². The highest BCUT2D eigenvalue weighted by Crippen LogP contribution is 2.06. The Hall–Kier alpha value is -0.120. The summed E-state index contributed by atoms with van der Waals surface area (Å²) < 4.78 is 0. The first kappa shape index (κ1) is 13.9. The molecule has 0 aromatic heterocycles. The van der Waals surface area contributed by atoms with Gasteiger partial charge in [0.2, 0.25) is 0 Å². The van der Waals surface area contributed by atoms with E-state index in [1.807, 2.05) is 0 Å². The monoisotopic (exact) mass is 201 g/mol. The van der Waals surface area contributed by atoms with Crippen LogP contribution in [0.25, 0.3) is 0 Å². The quantitative estimate of drug-likeness (QED) is 0.466. The largest absolute Gasteiger partial charge is 0.330 e. The summed E-state index contributed by atoms with van der Waals surface area (Å²) in [7, 11) is 0. The second-order valence-electron chi connectivity index (χ2n) is 3.87. The van der Waals surface area contributed by atoms with Crippen molar-refractivity contribution < 1.29 is 0 Å². The average molecular weight is 201 g/mol. The fourth-order valence-corrected chi connectivity index (χ4v) is 1.57. The van der Waals surface area contributed by atoms with Crippen LogP contribution < -0.4 is 16.8 Å². The third kappa shape index (κ3) is 8.48. The molecule has 86 valence electrons. The van der Waals surface area contributed by atoms with Crippen molar-refractivity contribution in [2.24, 2.45) is 11.5 Å². The van der Waals surface area contributed by atoms with Crippen LogP contribution in [0.1, 0.15) is 45.4 Å². The van der Waals surface area contributed by atoms with E-state index in [1.165, 1.54) is 25.7 Å². The van der Waals surface area contributed by atoms with Crippen LogP contribution in [0.5, 0.6) is 0 Å². The van der Waals surface area contributed by atoms with E-state index in [0.29, 0.717) is 6.04 Å². The van der Waals surface area contributed by atoms with Crippen molar-refractivity contribution in [3.8, 4) is 0 Å². The van der Waals surface area contributed by atoms with Crippen LogP contribution in [0.3, 0.4) is 0 Å². The molecule has 0 saturated heterocycles. The number of nitrogens with two attached hydrogens (primary N) is 2. The maximum absolute atomic E-state index is 5.51. The zero-order chi connectivity index (χ0) is 10.6. The standard InChI is InChI=1S/C11H27N3/c1-2-3-6-11(7-4-8-12)14-10-5-9-13/h11,14H,2-10,12-13H2,1H3. The molecule has 0 aromatic rings. The van der Waals surface area contributed by atoms with Crippen LogP contribution in [0.2, 0.25) is 0 Å². The summed E-state index contributed by atoms with van der Waals surface area (Å²) in [4.78, 5) is 0. The summed E-state index contributed by atoms with van der Waals surface area (Å²) in [6, 6.07) is 0.657. The van der Waals surface area contributed by atoms with Gasteiger partial charge in [-0.25, -0.2) is 0 Å². The van der Waals surface area contributed by atoms with Crippen LogP contribution in [-0.4, -0.2) is 25.7 Å². The normalized spacial score (nSPS) is 13.1. The van der Waals surface area contributed by atoms with Gasteiger partial charge in [-0.15, -0.1) is 0 Å². The number of hydrogen-bond acceptors (Lipinski definition) is 3. The summed E-state index contributed by atoms with van der Waals surface area (Å²) in [5, 5.41) is 3.55. The Kier molecular flexibility index (Phi) is 10.9. The second kappa shape index (κ2) is 11.0. The van der Waals surface area contributed by atoms with Gasteiger partial charge in [-0.3, -0.25) is 0 Å². The van der Waals surface area contributed by atoms with Crippen molar-refractivity contribution in [2.75, 3.05) is 19.6 Å². The van der Waals surface area contributed by atoms with Crippen molar-refractivity contribution in [3.63, 3.8) is 0 Å². The fraction of sp³-hybridized carbons (Fsp3) is 1.00. The highest BCUT2D eigenvalue weighted by atomic mass is 14.9. The van der Waals surface area contributed by atoms with E-state index in [-0.39, 0.29) is 0 Å². The first-order valence-corrected chi connectivity index (χ1v) is 5.98. The molecule has 0 heterocycles. The van der Waals surface area contributed by atoms with E-state index in [1.54, 1.807) is 0 Å². The SMILES string of the molecule is CCCCC(CCCN)NCCCN. The predicted molar refractivity (Wildman–Crippen MR) is 63.3 cm³/mol. The van der Waals surface area contributed by atoms with Gasteiger partial charge in [-0.2, -0.15) is 0 Å². The summed E-state index contributed by atoms with van der Waals surface area (Å²) >= 11 is 0. The van der Waals surface area contributed by atoms with Crippen LogP contribution in [0, 0.1) is 0 Å². The third-order valence-corrected chi connectivity index (χ3v) is 2.48. The summed E-state index contributed by atoms with van der Waals surface area (Å²) in [6.07, 6.45) is 7.28. The Morgan fingerprint density at radius 3 is 2.21 bits per heavy atom. The summed E-state index contributed by atoms with van der Waals surface area (Å²) in [5.41, 5.74) is 11.0. The average Bonchev–Trinajstić information content (AvgIpc) is 2.21. The van der Waals surface area contributed by atoms with Crippen LogP contribution in [0.15, 0.2) is 0 Å². The lowest BCUT2D eigenvalue weighted by Crippen LogP contribution is -2.31. The molecule has 5 N–H and O–H groups in total. The van der Waals surface area contributed by atoms with E-state index in [9.17, 15) is 0 Å². The minimum absolute atomic E-state index is 0.657. The molecule has 0 rings (SSSR count). The van der Waals surface area contributed by atoms with Gasteiger partial charge in [0.15, 0.2) is 0 Å². The van der Waals surface area contributed by atoms with Crippen molar-refractivity contribution in [1.82, 2.24) is 5.32 Å². The molecule has 3 heteroatoms. The van der Waals surface area contributed by atoms with Crippen molar-refractivity contribution in [2.45, 2.75) is 51.5 Å². The molecule has 0 aliphatic heterocycles. The zero-order valence-electron chi connectivity index (χ0n) is 9.60. The smallest absolute Gasteiger partial charge is 0.00675 e. The Labute approximate surface area is 88.6 Å². The number of nitrogens with one attached hydrogen (secondary N) is 1. The number of hydrogen-bond donors (Lipinski definition) is 3. The predicted octanol–water partition coefficient (Wildman–Crippen LogP) is 1.22. The van der Waals surface area contributed by atoms with Gasteiger partial charge < -0.3 is 16.8 Å². The van der Waals surface area contributed by atoms with Gasteiger partial charge in [-0.1, -0.05) is 19.8 Å². The zero-order valence-corrected chi connectivity index (χ0v) is 9.60. The van der Waals surface area contributed by atoms with E-state index < -0.39 is 0 Å². The molecule has 1 unspecified atom stereocenters. The van der Waals surface area contributed by atoms with Crippen molar-refractivity contribution in [1.29, 1.82) is 0 Å². The molecule has 0 fully saturated rings. The maximum Gasteiger partial charge on any atom is 0.00675 e. The van der Waals surface area contributed by atoms with E-state index in [4.69, 9.17) is 11.5 Å². The molecular weight excluding hydrogens is 174 g/mol. The molecule has 3 nitrogen and oxygen atoms in total. The fourth-order valence-electron chi connectivity index (χ4n) is 1.57. The molecule has 0 bridgehead atoms. The Balaban J connectivity index is 3.49. The van der Waals surface area contributed by atoms with E-state index in [0.717, 1.165) is 32.5 Å². The first-order valence-electron chi connectivity index (χ1n) is 5.98. The molecule has 0 spiro atoms. The molecule has 1 atom stereocenters. The van der Waals surface area contributed by atoms with E-state index >= 15 is 0 Å². The van der Waals surface area contributed by atoms with Crippen LogP contribution >= 0.6 is 0 Å². The summed E-state index contributed by atoms with van der Waals surface area (Å²) in [5.74, 6) is 0. The lowest BCUT2D eigenvalue weighted by molar-refractivity contribution is 0.429. The third-order valence-electron chi connectivity index (χ3n) is 2.48. The Morgan fingerprint density at radius 2 is 1.64 bits per heavy atom. The molecule has 0 aliphatic carbocycles. The summed E-state index contributed by atoms with van der Waals surface area (Å²) in [6.45, 7) is 4.88. The minimum atomic E-state index is 0.657. The van der Waals surface area contributed by atoms with E-state index in [2.05, 4.69) is 12.2 Å². The number of rotatable bonds is 10. The molecule has 0 radical (unpaired) electrons. The van der Waals surface area contributed by atoms with Gasteiger partial charge in [0.1, 0.15) is 0 Å². The maximum atomic E-state index is 5.51. The topological polar surface area (TPSA) is 64.1 Å². The highest BCUT2D eigenvalue weighted by Gasteiger charge is 2.05. The lowest BCUT2D eigenvalue weighted by Gasteiger charge is -2.17. The van der Waals surface area contributed by atoms with Gasteiger partial charge in [0, 0.05) is 6.04 Å². The Bertz CT molecular complexity index is 98.7. The van der Waals surface area contributed by atoms with Gasteiger partial charge in [0.25, 0.3) is 0 Å². The minimum Gasteiger partial charge on any atom is -0.330 e. The van der Waals surface area contributed by atoms with Crippen molar-refractivity contribution >= 4 is 0 Å². The van der Waals surface area contributed by atoms with Crippen LogP contribution in [0.4, 0.5) is 0 Å². The first-order chi connectivity index (χ1) is 6.85. The molecule has 14 heavy (non-hydrogen) atoms.